The summed E-state index contributed by atoms with van der Waals surface area (Å²) in [4.78, 5) is 5.19. The van der Waals surface area contributed by atoms with Crippen molar-refractivity contribution in [3.05, 3.63) is 17.0 Å². The lowest BCUT2D eigenvalue weighted by atomic mass is 9.87. The Kier molecular flexibility index (Phi) is 4.20. The van der Waals surface area contributed by atoms with Crippen molar-refractivity contribution in [3.63, 3.8) is 0 Å². The van der Waals surface area contributed by atoms with Crippen molar-refractivity contribution in [2.45, 2.75) is 64.1 Å². The maximum Gasteiger partial charge on any atom is 0.138 e. The third-order valence-electron chi connectivity index (χ3n) is 6.18. The van der Waals surface area contributed by atoms with Gasteiger partial charge in [-0.2, -0.15) is 0 Å². The van der Waals surface area contributed by atoms with Crippen LogP contribution in [-0.4, -0.2) is 59.4 Å². The van der Waals surface area contributed by atoms with Gasteiger partial charge in [-0.25, -0.2) is 0 Å². The fraction of sp³-hybridized carbons (Fsp3) is 0.833. The van der Waals surface area contributed by atoms with Crippen LogP contribution in [0.3, 0.4) is 0 Å². The minimum atomic E-state index is 0.155. The van der Waals surface area contributed by atoms with Crippen LogP contribution in [-0.2, 0) is 11.3 Å². The Hall–Kier alpha value is -0.910. The van der Waals surface area contributed by atoms with Crippen molar-refractivity contribution >= 4 is 0 Å². The van der Waals surface area contributed by atoms with Crippen molar-refractivity contribution in [2.75, 3.05) is 32.8 Å². The van der Waals surface area contributed by atoms with Crippen LogP contribution in [0.25, 0.3) is 0 Å². The fourth-order valence-electron chi connectivity index (χ4n) is 4.58. The third kappa shape index (κ3) is 3.06. The van der Waals surface area contributed by atoms with Crippen LogP contribution >= 0.6 is 0 Å². The normalized spacial score (nSPS) is 28.9. The Morgan fingerprint density at radius 1 is 1.13 bits per heavy atom. The summed E-state index contributed by atoms with van der Waals surface area (Å²) in [6.45, 7) is 10.8. The first-order valence-corrected chi connectivity index (χ1v) is 9.17. The molecule has 5 nitrogen and oxygen atoms in total. The van der Waals surface area contributed by atoms with Gasteiger partial charge in [-0.05, 0) is 59.0 Å². The summed E-state index contributed by atoms with van der Waals surface area (Å²) in [5.74, 6) is 0.967. The maximum absolute atomic E-state index is 6.34. The number of nitrogens with zero attached hydrogens (tertiary/aromatic N) is 3. The molecule has 3 aliphatic rings. The van der Waals surface area contributed by atoms with Gasteiger partial charge in [-0.1, -0.05) is 5.16 Å². The number of aryl methyl sites for hydroxylation is 2. The van der Waals surface area contributed by atoms with Gasteiger partial charge in [0.15, 0.2) is 0 Å². The molecule has 3 fully saturated rings. The number of hydrogen-bond acceptors (Lipinski definition) is 5. The number of ether oxygens (including phenoxy) is 1. The number of piperidine rings is 1. The van der Waals surface area contributed by atoms with Gasteiger partial charge in [0.25, 0.3) is 0 Å². The quantitative estimate of drug-likeness (QED) is 0.856. The summed E-state index contributed by atoms with van der Waals surface area (Å²) < 4.78 is 11.6. The summed E-state index contributed by atoms with van der Waals surface area (Å²) in [5, 5.41) is 4.07. The molecule has 0 N–H and O–H groups in total. The van der Waals surface area contributed by atoms with Gasteiger partial charge in [0.2, 0.25) is 0 Å². The molecule has 1 atom stereocenters. The number of hydrogen-bond donors (Lipinski definition) is 0. The largest absolute Gasteiger partial charge is 0.373 e. The highest BCUT2D eigenvalue weighted by Crippen LogP contribution is 2.38. The highest BCUT2D eigenvalue weighted by Gasteiger charge is 2.44. The van der Waals surface area contributed by atoms with Crippen LogP contribution < -0.4 is 0 Å². The van der Waals surface area contributed by atoms with E-state index in [1.165, 1.54) is 50.8 Å². The second kappa shape index (κ2) is 6.19. The predicted molar refractivity (Wildman–Crippen MR) is 88.4 cm³/mol. The topological polar surface area (TPSA) is 41.7 Å². The van der Waals surface area contributed by atoms with Crippen molar-refractivity contribution in [3.8, 4) is 0 Å². The van der Waals surface area contributed by atoms with E-state index in [2.05, 4.69) is 15.0 Å². The van der Waals surface area contributed by atoms with Crippen molar-refractivity contribution in [1.29, 1.82) is 0 Å². The molecule has 4 heterocycles. The van der Waals surface area contributed by atoms with E-state index in [1.54, 1.807) is 0 Å². The zero-order valence-corrected chi connectivity index (χ0v) is 14.5. The molecule has 5 heteroatoms. The van der Waals surface area contributed by atoms with Crippen molar-refractivity contribution in [2.24, 2.45) is 0 Å². The second-order valence-corrected chi connectivity index (χ2v) is 7.67. The molecule has 0 aliphatic carbocycles. The SMILES string of the molecule is Cc1noc(C)c1CN1CCC2(CC1)C[C@@H](N1CCCC1)CO2. The van der Waals surface area contributed by atoms with E-state index in [0.29, 0.717) is 6.04 Å². The van der Waals surface area contributed by atoms with Gasteiger partial charge in [0, 0.05) is 31.2 Å². The molecule has 1 spiro atoms. The Balaban J connectivity index is 1.32. The van der Waals surface area contributed by atoms with E-state index in [4.69, 9.17) is 9.26 Å². The Morgan fingerprint density at radius 3 is 2.52 bits per heavy atom. The Labute approximate surface area is 138 Å². The van der Waals surface area contributed by atoms with Gasteiger partial charge in [-0.15, -0.1) is 0 Å². The summed E-state index contributed by atoms with van der Waals surface area (Å²) in [5.41, 5.74) is 2.46. The summed E-state index contributed by atoms with van der Waals surface area (Å²) in [6, 6.07) is 0.673. The molecule has 0 saturated carbocycles. The first kappa shape index (κ1) is 15.6. The standard InChI is InChI=1S/C18H29N3O2/c1-14-17(15(2)23-19-14)12-20-9-5-18(6-10-20)11-16(13-22-18)21-7-3-4-8-21/h16H,3-13H2,1-2H3/t16-/m1/s1. The van der Waals surface area contributed by atoms with Crippen molar-refractivity contribution < 1.29 is 9.26 Å². The van der Waals surface area contributed by atoms with Crippen LogP contribution in [0.2, 0.25) is 0 Å². The molecule has 3 aliphatic heterocycles. The van der Waals surface area contributed by atoms with Crippen LogP contribution in [0.4, 0.5) is 0 Å². The highest BCUT2D eigenvalue weighted by atomic mass is 16.5. The highest BCUT2D eigenvalue weighted by molar-refractivity contribution is 5.20. The summed E-state index contributed by atoms with van der Waals surface area (Å²) >= 11 is 0. The molecule has 1 aromatic heterocycles. The molecule has 0 radical (unpaired) electrons. The van der Waals surface area contributed by atoms with E-state index in [-0.39, 0.29) is 5.60 Å². The minimum absolute atomic E-state index is 0.155. The lowest BCUT2D eigenvalue weighted by Crippen LogP contribution is -2.44. The number of rotatable bonds is 3. The van der Waals surface area contributed by atoms with Crippen LogP contribution in [0.1, 0.15) is 49.1 Å². The molecule has 0 unspecified atom stereocenters. The molecule has 1 aromatic rings. The molecule has 0 bridgehead atoms. The van der Waals surface area contributed by atoms with Crippen LogP contribution in [0.15, 0.2) is 4.52 Å². The van der Waals surface area contributed by atoms with Gasteiger partial charge in [0.1, 0.15) is 5.76 Å². The number of likely N-dealkylation sites (tertiary alicyclic amines) is 2. The molecular weight excluding hydrogens is 290 g/mol. The van der Waals surface area contributed by atoms with Gasteiger partial charge in [0.05, 0.1) is 17.9 Å². The van der Waals surface area contributed by atoms with Gasteiger partial charge < -0.3 is 9.26 Å². The molecule has 3 saturated heterocycles. The molecule has 128 valence electrons. The Bertz CT molecular complexity index is 523. The lowest BCUT2D eigenvalue weighted by Gasteiger charge is -2.39. The lowest BCUT2D eigenvalue weighted by molar-refractivity contribution is -0.0453. The van der Waals surface area contributed by atoms with E-state index in [9.17, 15) is 0 Å². The molecule has 0 aromatic carbocycles. The zero-order valence-electron chi connectivity index (χ0n) is 14.5. The van der Waals surface area contributed by atoms with E-state index < -0.39 is 0 Å². The first-order valence-electron chi connectivity index (χ1n) is 9.17. The van der Waals surface area contributed by atoms with E-state index in [0.717, 1.165) is 37.7 Å². The van der Waals surface area contributed by atoms with E-state index >= 15 is 0 Å². The average Bonchev–Trinajstić information content (AvgIpc) is 3.27. The minimum Gasteiger partial charge on any atom is -0.373 e. The van der Waals surface area contributed by atoms with Crippen LogP contribution in [0, 0.1) is 13.8 Å². The van der Waals surface area contributed by atoms with Crippen LogP contribution in [0.5, 0.6) is 0 Å². The predicted octanol–water partition coefficient (Wildman–Crippen LogP) is 2.51. The van der Waals surface area contributed by atoms with Gasteiger partial charge >= 0.3 is 0 Å². The average molecular weight is 319 g/mol. The third-order valence-corrected chi connectivity index (χ3v) is 6.18. The molecular formula is C18H29N3O2. The van der Waals surface area contributed by atoms with E-state index in [1.807, 2.05) is 13.8 Å². The maximum atomic E-state index is 6.34. The Morgan fingerprint density at radius 2 is 1.87 bits per heavy atom. The second-order valence-electron chi connectivity index (χ2n) is 7.67. The molecule has 4 rings (SSSR count). The summed E-state index contributed by atoms with van der Waals surface area (Å²) in [6.07, 6.45) is 6.32. The monoisotopic (exact) mass is 319 g/mol. The summed E-state index contributed by atoms with van der Waals surface area (Å²) in [7, 11) is 0. The van der Waals surface area contributed by atoms with Crippen molar-refractivity contribution in [1.82, 2.24) is 15.0 Å². The molecule has 0 amide bonds. The number of aromatic nitrogens is 1. The molecule has 23 heavy (non-hydrogen) atoms. The fourth-order valence-corrected chi connectivity index (χ4v) is 4.58. The van der Waals surface area contributed by atoms with Gasteiger partial charge in [-0.3, -0.25) is 9.80 Å². The first-order chi connectivity index (χ1) is 11.2. The smallest absolute Gasteiger partial charge is 0.138 e. The zero-order chi connectivity index (χ0) is 15.9.